The molecule has 1 aliphatic heterocycles. The number of anilines is 2. The van der Waals surface area contributed by atoms with Crippen LogP contribution in [0.25, 0.3) is 22.2 Å². The third-order valence-electron chi connectivity index (χ3n) is 6.10. The molecule has 0 spiro atoms. The summed E-state index contributed by atoms with van der Waals surface area (Å²) in [5, 5.41) is 17.6. The van der Waals surface area contributed by atoms with Crippen LogP contribution in [-0.4, -0.2) is 42.7 Å². The number of fused-ring (bicyclic) bond motifs is 2. The molecule has 0 unspecified atom stereocenters. The van der Waals surface area contributed by atoms with Crippen molar-refractivity contribution in [3.05, 3.63) is 59.3 Å². The van der Waals surface area contributed by atoms with Crippen LogP contribution in [-0.2, 0) is 20.0 Å². The minimum absolute atomic E-state index is 0.225. The van der Waals surface area contributed by atoms with Crippen molar-refractivity contribution in [3.8, 4) is 17.3 Å². The molecule has 0 aliphatic carbocycles. The summed E-state index contributed by atoms with van der Waals surface area (Å²) in [5.41, 5.74) is 4.96. The number of benzene rings is 1. The molecule has 1 aliphatic rings. The summed E-state index contributed by atoms with van der Waals surface area (Å²) in [4.78, 5) is 15.4. The lowest BCUT2D eigenvalue weighted by atomic mass is 10.0. The molecule has 4 heterocycles. The quantitative estimate of drug-likeness (QED) is 0.447. The molecule has 0 fully saturated rings. The molecule has 0 bridgehead atoms. The Morgan fingerprint density at radius 3 is 2.85 bits per heavy atom. The van der Waals surface area contributed by atoms with Gasteiger partial charge in [0.25, 0.3) is 0 Å². The van der Waals surface area contributed by atoms with Crippen molar-refractivity contribution in [1.29, 1.82) is 5.26 Å². The average Bonchev–Trinajstić information content (AvgIpc) is 3.15. The van der Waals surface area contributed by atoms with Crippen molar-refractivity contribution >= 4 is 22.7 Å². The van der Waals surface area contributed by atoms with Crippen LogP contribution in [0.4, 0.5) is 16.2 Å². The van der Waals surface area contributed by atoms with Crippen LogP contribution in [0.15, 0.2) is 36.5 Å². The third kappa shape index (κ3) is 4.08. The van der Waals surface area contributed by atoms with Gasteiger partial charge in [0.1, 0.15) is 11.5 Å². The maximum Gasteiger partial charge on any atom is 0.229 e. The van der Waals surface area contributed by atoms with Crippen LogP contribution < -0.4 is 5.32 Å². The van der Waals surface area contributed by atoms with Gasteiger partial charge in [0.05, 0.1) is 24.3 Å². The molecule has 5 rings (SSSR count). The van der Waals surface area contributed by atoms with Gasteiger partial charge in [-0.05, 0) is 29.7 Å². The van der Waals surface area contributed by atoms with Gasteiger partial charge in [0.2, 0.25) is 5.95 Å². The van der Waals surface area contributed by atoms with E-state index in [-0.39, 0.29) is 17.6 Å². The van der Waals surface area contributed by atoms with Crippen molar-refractivity contribution in [2.75, 3.05) is 18.4 Å². The van der Waals surface area contributed by atoms with E-state index in [4.69, 9.17) is 10.2 Å². The molecule has 1 N–H and O–H groups in total. The Morgan fingerprint density at radius 2 is 2.06 bits per heavy atom. The van der Waals surface area contributed by atoms with Crippen LogP contribution in [0, 0.1) is 17.1 Å². The SMILES string of the molecule is CC(C)c1c2cc(-c3nc(Nc4ccc5c(n4)CCN(CC#N)C5)ncc3F)ccc2nn1C. The number of pyridine rings is 1. The molecule has 0 atom stereocenters. The van der Waals surface area contributed by atoms with Crippen molar-refractivity contribution in [2.45, 2.75) is 32.7 Å². The Bertz CT molecular complexity index is 1420. The fourth-order valence-electron chi connectivity index (χ4n) is 4.57. The normalized spacial score (nSPS) is 13.8. The number of nitrogens with one attached hydrogen (secondary N) is 1. The van der Waals surface area contributed by atoms with Gasteiger partial charge in [0.15, 0.2) is 5.82 Å². The number of hydrogen-bond donors (Lipinski definition) is 1. The minimum atomic E-state index is -0.490. The molecule has 9 heteroatoms. The zero-order valence-corrected chi connectivity index (χ0v) is 19.4. The van der Waals surface area contributed by atoms with Gasteiger partial charge in [-0.1, -0.05) is 26.0 Å². The lowest BCUT2D eigenvalue weighted by Crippen LogP contribution is -2.31. The van der Waals surface area contributed by atoms with Gasteiger partial charge in [-0.3, -0.25) is 9.58 Å². The lowest BCUT2D eigenvalue weighted by Gasteiger charge is -2.26. The third-order valence-corrected chi connectivity index (χ3v) is 6.10. The van der Waals surface area contributed by atoms with Gasteiger partial charge < -0.3 is 5.32 Å². The van der Waals surface area contributed by atoms with E-state index in [2.05, 4.69) is 45.2 Å². The van der Waals surface area contributed by atoms with Crippen LogP contribution >= 0.6 is 0 Å². The smallest absolute Gasteiger partial charge is 0.229 e. The first-order valence-electron chi connectivity index (χ1n) is 11.3. The Balaban J connectivity index is 1.44. The number of nitrogens with zero attached hydrogens (tertiary/aromatic N) is 7. The average molecular weight is 457 g/mol. The molecule has 172 valence electrons. The first-order valence-corrected chi connectivity index (χ1v) is 11.3. The molecule has 34 heavy (non-hydrogen) atoms. The highest BCUT2D eigenvalue weighted by Crippen LogP contribution is 2.30. The van der Waals surface area contributed by atoms with Crippen molar-refractivity contribution in [1.82, 2.24) is 29.6 Å². The van der Waals surface area contributed by atoms with E-state index in [0.29, 0.717) is 24.5 Å². The van der Waals surface area contributed by atoms with Gasteiger partial charge in [-0.15, -0.1) is 0 Å². The molecular weight excluding hydrogens is 431 g/mol. The Hall–Kier alpha value is -3.90. The number of halogens is 1. The molecule has 8 nitrogen and oxygen atoms in total. The Morgan fingerprint density at radius 1 is 1.21 bits per heavy atom. The number of aromatic nitrogens is 5. The lowest BCUT2D eigenvalue weighted by molar-refractivity contribution is 0.282. The van der Waals surface area contributed by atoms with Crippen molar-refractivity contribution < 1.29 is 4.39 Å². The second-order valence-corrected chi connectivity index (χ2v) is 8.83. The Labute approximate surface area is 197 Å². The zero-order valence-electron chi connectivity index (χ0n) is 19.4. The number of aryl methyl sites for hydroxylation is 1. The van der Waals surface area contributed by atoms with Crippen LogP contribution in [0.2, 0.25) is 0 Å². The monoisotopic (exact) mass is 456 g/mol. The largest absolute Gasteiger partial charge is 0.309 e. The molecule has 0 saturated carbocycles. The second kappa shape index (κ2) is 8.80. The summed E-state index contributed by atoms with van der Waals surface area (Å²) in [6, 6.07) is 11.7. The highest BCUT2D eigenvalue weighted by Gasteiger charge is 2.19. The fourth-order valence-corrected chi connectivity index (χ4v) is 4.57. The standard InChI is InChI=1S/C25H25FN8/c1-15(2)24-18-12-16(4-6-21(18)32-33(24)3)23-19(26)13-28-25(31-23)30-22-7-5-17-14-34(11-9-27)10-8-20(17)29-22/h4-7,12-13,15H,8,10-11,14H2,1-3H3,(H,28,29,30,31). The Kier molecular flexibility index (Phi) is 5.67. The van der Waals surface area contributed by atoms with Crippen LogP contribution in [0.5, 0.6) is 0 Å². The summed E-state index contributed by atoms with van der Waals surface area (Å²) in [6.07, 6.45) is 1.95. The maximum atomic E-state index is 14.8. The fraction of sp³-hybridized carbons (Fsp3) is 0.320. The highest BCUT2D eigenvalue weighted by molar-refractivity contribution is 5.86. The molecule has 0 amide bonds. The summed E-state index contributed by atoms with van der Waals surface area (Å²) in [5.74, 6) is 0.673. The zero-order chi connectivity index (χ0) is 23.8. The van der Waals surface area contributed by atoms with Crippen molar-refractivity contribution in [2.24, 2.45) is 7.05 Å². The minimum Gasteiger partial charge on any atom is -0.309 e. The van der Waals surface area contributed by atoms with E-state index in [1.54, 1.807) is 0 Å². The summed E-state index contributed by atoms with van der Waals surface area (Å²) >= 11 is 0. The number of nitriles is 1. The maximum absolute atomic E-state index is 14.8. The highest BCUT2D eigenvalue weighted by atomic mass is 19.1. The molecule has 3 aromatic heterocycles. The van der Waals surface area contributed by atoms with Crippen LogP contribution in [0.1, 0.15) is 36.7 Å². The van der Waals surface area contributed by atoms with Crippen LogP contribution in [0.3, 0.4) is 0 Å². The van der Waals surface area contributed by atoms with Gasteiger partial charge in [-0.25, -0.2) is 19.3 Å². The predicted octanol–water partition coefficient (Wildman–Crippen LogP) is 4.31. The predicted molar refractivity (Wildman–Crippen MR) is 128 cm³/mol. The van der Waals surface area contributed by atoms with Crippen molar-refractivity contribution in [3.63, 3.8) is 0 Å². The van der Waals surface area contributed by atoms with E-state index in [9.17, 15) is 4.39 Å². The summed E-state index contributed by atoms with van der Waals surface area (Å²) in [6.45, 7) is 6.15. The number of rotatable bonds is 5. The molecule has 0 saturated heterocycles. The number of hydrogen-bond acceptors (Lipinski definition) is 7. The van der Waals surface area contributed by atoms with Gasteiger partial charge in [0, 0.05) is 48.9 Å². The second-order valence-electron chi connectivity index (χ2n) is 8.83. The summed E-state index contributed by atoms with van der Waals surface area (Å²) in [7, 11) is 1.93. The van der Waals surface area contributed by atoms with Gasteiger partial charge >= 0.3 is 0 Å². The van der Waals surface area contributed by atoms with E-state index >= 15 is 0 Å². The van der Waals surface area contributed by atoms with E-state index in [0.717, 1.165) is 40.8 Å². The van der Waals surface area contributed by atoms with Gasteiger partial charge in [-0.2, -0.15) is 10.4 Å². The molecule has 0 radical (unpaired) electrons. The topological polar surface area (TPSA) is 95.6 Å². The van der Waals surface area contributed by atoms with E-state index in [1.165, 1.54) is 6.20 Å². The molecule has 4 aromatic rings. The summed E-state index contributed by atoms with van der Waals surface area (Å²) < 4.78 is 16.6. The molecular formula is C25H25FN8. The van der Waals surface area contributed by atoms with E-state index in [1.807, 2.05) is 42.1 Å². The first-order chi connectivity index (χ1) is 16.4. The van der Waals surface area contributed by atoms with E-state index < -0.39 is 5.82 Å². The molecule has 1 aromatic carbocycles. The first kappa shape index (κ1) is 21.9.